The molecule has 2 fully saturated rings. The molecule has 2 aromatic carbocycles. The highest BCUT2D eigenvalue weighted by Crippen LogP contribution is 2.31. The maximum atomic E-state index is 13.6. The number of benzene rings is 2. The summed E-state index contributed by atoms with van der Waals surface area (Å²) in [6.45, 7) is 7.95. The molecular weight excluding hydrogens is 519 g/mol. The number of nitrogens with zero attached hydrogens (tertiary/aromatic N) is 3. The lowest BCUT2D eigenvalue weighted by molar-refractivity contribution is -0.137. The molecule has 0 unspecified atom stereocenters. The van der Waals surface area contributed by atoms with Gasteiger partial charge in [-0.1, -0.05) is 23.7 Å². The van der Waals surface area contributed by atoms with Crippen molar-refractivity contribution in [3.05, 3.63) is 69.7 Å². The number of carbonyl (C=O) groups excluding carboxylic acids is 1. The number of morpholine rings is 1. The van der Waals surface area contributed by atoms with Crippen LogP contribution >= 0.6 is 11.6 Å². The van der Waals surface area contributed by atoms with Crippen LogP contribution in [0, 0.1) is 6.92 Å². The van der Waals surface area contributed by atoms with E-state index in [1.54, 1.807) is 18.9 Å². The number of methoxy groups -OCH3 is 1. The van der Waals surface area contributed by atoms with Crippen molar-refractivity contribution in [2.75, 3.05) is 66.1 Å². The Morgan fingerprint density at radius 1 is 1.05 bits per heavy atom. The summed E-state index contributed by atoms with van der Waals surface area (Å²) in [5.74, 6) is -0.367. The molecule has 0 bridgehead atoms. The number of amides is 1. The Bertz CT molecular complexity index is 1080. The molecule has 1 amide bonds. The fourth-order valence-electron chi connectivity index (χ4n) is 5.25. The van der Waals surface area contributed by atoms with E-state index in [0.29, 0.717) is 49.9 Å². The molecule has 2 aliphatic heterocycles. The average Bonchev–Trinajstić information content (AvgIpc) is 2.88. The molecule has 0 N–H and O–H groups in total. The topological polar surface area (TPSA) is 45.2 Å². The number of carbonyl (C=O) groups is 1. The molecule has 2 aromatic rings. The lowest BCUT2D eigenvalue weighted by atomic mass is 9.99. The average molecular weight is 554 g/mol. The number of rotatable bonds is 8. The van der Waals surface area contributed by atoms with Crippen molar-refractivity contribution in [1.29, 1.82) is 0 Å². The number of hydrogen-bond acceptors (Lipinski definition) is 5. The van der Waals surface area contributed by atoms with Gasteiger partial charge < -0.3 is 14.4 Å². The molecule has 2 heterocycles. The van der Waals surface area contributed by atoms with E-state index in [4.69, 9.17) is 21.1 Å². The monoisotopic (exact) mass is 553 g/mol. The van der Waals surface area contributed by atoms with E-state index in [0.717, 1.165) is 43.9 Å². The highest BCUT2D eigenvalue weighted by molar-refractivity contribution is 6.30. The molecule has 0 aromatic heterocycles. The van der Waals surface area contributed by atoms with Gasteiger partial charge in [0.2, 0.25) is 0 Å². The molecule has 10 heteroatoms. The van der Waals surface area contributed by atoms with Gasteiger partial charge in [-0.05, 0) is 54.8 Å². The molecule has 0 saturated carbocycles. The summed E-state index contributed by atoms with van der Waals surface area (Å²) in [4.78, 5) is 20.0. The van der Waals surface area contributed by atoms with E-state index in [-0.39, 0.29) is 23.6 Å². The maximum absolute atomic E-state index is 13.6. The second-order valence-electron chi connectivity index (χ2n) is 10.1. The van der Waals surface area contributed by atoms with Gasteiger partial charge >= 0.3 is 6.18 Å². The zero-order chi connectivity index (χ0) is 27.3. The zero-order valence-electron chi connectivity index (χ0n) is 21.8. The number of hydrogen-bond donors (Lipinski definition) is 0. The standard InChI is InChI=1S/C28H35ClF3N3O3/c1-20-13-22(16-23(14-20)28(30,31)32)27(36)35-10-9-33(7-8-34-11-12-38-26(18-34)19-37-2)17-25(35)15-21-3-5-24(29)6-4-21/h3-6,13-14,16,25-26H,7-12,15,17-19H2,1-2H3/t25-,26+/m1/s1. The van der Waals surface area contributed by atoms with Gasteiger partial charge in [0.1, 0.15) is 0 Å². The Hall–Kier alpha value is -2.17. The van der Waals surface area contributed by atoms with Crippen LogP contribution in [0.15, 0.2) is 42.5 Å². The number of halogens is 4. The summed E-state index contributed by atoms with van der Waals surface area (Å²) in [6, 6.07) is 10.9. The largest absolute Gasteiger partial charge is 0.416 e. The Labute approximate surface area is 227 Å². The first-order valence-electron chi connectivity index (χ1n) is 12.9. The van der Waals surface area contributed by atoms with Crippen LogP contribution in [0.25, 0.3) is 0 Å². The minimum atomic E-state index is -4.51. The van der Waals surface area contributed by atoms with E-state index < -0.39 is 11.7 Å². The molecule has 38 heavy (non-hydrogen) atoms. The fourth-order valence-corrected chi connectivity index (χ4v) is 5.37. The Morgan fingerprint density at radius 2 is 1.76 bits per heavy atom. The molecule has 0 spiro atoms. The number of piperazine rings is 1. The molecule has 4 rings (SSSR count). The molecular formula is C28H35ClF3N3O3. The first-order chi connectivity index (χ1) is 18.1. The van der Waals surface area contributed by atoms with Gasteiger partial charge in [0.15, 0.2) is 0 Å². The van der Waals surface area contributed by atoms with E-state index in [2.05, 4.69) is 9.80 Å². The molecule has 2 atom stereocenters. The summed E-state index contributed by atoms with van der Waals surface area (Å²) in [7, 11) is 1.67. The lowest BCUT2D eigenvalue weighted by Gasteiger charge is -2.43. The smallest absolute Gasteiger partial charge is 0.382 e. The van der Waals surface area contributed by atoms with Crippen molar-refractivity contribution in [3.63, 3.8) is 0 Å². The van der Waals surface area contributed by atoms with Gasteiger partial charge in [0, 0.05) is 69.6 Å². The zero-order valence-corrected chi connectivity index (χ0v) is 22.6. The molecule has 2 saturated heterocycles. The maximum Gasteiger partial charge on any atom is 0.416 e. The highest BCUT2D eigenvalue weighted by atomic mass is 35.5. The minimum absolute atomic E-state index is 0.0665. The first kappa shape index (κ1) is 28.8. The molecule has 2 aliphatic rings. The van der Waals surface area contributed by atoms with Crippen molar-refractivity contribution >= 4 is 17.5 Å². The third kappa shape index (κ3) is 7.70. The molecule has 0 aliphatic carbocycles. The SMILES string of the molecule is COC[C@@H]1CN(CCN2CCN(C(=O)c3cc(C)cc(C(F)(F)F)c3)[C@H](Cc3ccc(Cl)cc3)C2)CCO1. The van der Waals surface area contributed by atoms with Crippen LogP contribution in [-0.2, 0) is 22.1 Å². The van der Waals surface area contributed by atoms with Gasteiger partial charge in [-0.2, -0.15) is 13.2 Å². The Balaban J connectivity index is 1.48. The normalized spacial score (nSPS) is 21.6. The lowest BCUT2D eigenvalue weighted by Crippen LogP contribution is -2.57. The second kappa shape index (κ2) is 12.8. The van der Waals surface area contributed by atoms with E-state index >= 15 is 0 Å². The van der Waals surface area contributed by atoms with Gasteiger partial charge in [0.25, 0.3) is 5.91 Å². The molecule has 6 nitrogen and oxygen atoms in total. The fraction of sp³-hybridized carbons (Fsp3) is 0.536. The van der Waals surface area contributed by atoms with Crippen LogP contribution in [0.5, 0.6) is 0 Å². The van der Waals surface area contributed by atoms with E-state index in [1.807, 2.05) is 24.3 Å². The minimum Gasteiger partial charge on any atom is -0.382 e. The quantitative estimate of drug-likeness (QED) is 0.485. The van der Waals surface area contributed by atoms with Gasteiger partial charge in [-0.15, -0.1) is 0 Å². The van der Waals surface area contributed by atoms with E-state index in [9.17, 15) is 18.0 Å². The summed E-state index contributed by atoms with van der Waals surface area (Å²) in [5, 5.41) is 0.628. The van der Waals surface area contributed by atoms with Crippen molar-refractivity contribution in [2.45, 2.75) is 31.7 Å². The van der Waals surface area contributed by atoms with Gasteiger partial charge in [-0.3, -0.25) is 14.6 Å². The Morgan fingerprint density at radius 3 is 2.45 bits per heavy atom. The second-order valence-corrected chi connectivity index (χ2v) is 10.6. The Kier molecular flexibility index (Phi) is 9.70. The molecule has 0 radical (unpaired) electrons. The van der Waals surface area contributed by atoms with Crippen LogP contribution in [0.3, 0.4) is 0 Å². The van der Waals surface area contributed by atoms with Gasteiger partial charge in [-0.25, -0.2) is 0 Å². The van der Waals surface area contributed by atoms with Gasteiger partial charge in [0.05, 0.1) is 24.9 Å². The van der Waals surface area contributed by atoms with Crippen LogP contribution in [0.4, 0.5) is 13.2 Å². The van der Waals surface area contributed by atoms with Crippen molar-refractivity contribution < 1.29 is 27.4 Å². The first-order valence-corrected chi connectivity index (χ1v) is 13.3. The van der Waals surface area contributed by atoms with E-state index in [1.165, 1.54) is 6.07 Å². The van der Waals surface area contributed by atoms with Crippen molar-refractivity contribution in [2.24, 2.45) is 0 Å². The third-order valence-electron chi connectivity index (χ3n) is 7.17. The predicted octanol–water partition coefficient (Wildman–Crippen LogP) is 4.38. The van der Waals surface area contributed by atoms with Crippen LogP contribution in [0.1, 0.15) is 27.0 Å². The highest BCUT2D eigenvalue weighted by Gasteiger charge is 2.35. The van der Waals surface area contributed by atoms with Crippen LogP contribution in [0.2, 0.25) is 5.02 Å². The van der Waals surface area contributed by atoms with Crippen molar-refractivity contribution in [1.82, 2.24) is 14.7 Å². The van der Waals surface area contributed by atoms with Crippen LogP contribution < -0.4 is 0 Å². The number of alkyl halides is 3. The summed E-state index contributed by atoms with van der Waals surface area (Å²) in [5.41, 5.74) is 0.707. The summed E-state index contributed by atoms with van der Waals surface area (Å²) >= 11 is 6.06. The summed E-state index contributed by atoms with van der Waals surface area (Å²) in [6.07, 6.45) is -3.86. The predicted molar refractivity (Wildman–Crippen MR) is 141 cm³/mol. The molecule has 208 valence electrons. The number of ether oxygens (including phenoxy) is 2. The van der Waals surface area contributed by atoms with Crippen LogP contribution in [-0.4, -0.2) is 98.9 Å². The third-order valence-corrected chi connectivity index (χ3v) is 7.42. The number of aryl methyl sites for hydroxylation is 1. The summed E-state index contributed by atoms with van der Waals surface area (Å²) < 4.78 is 51.3. The van der Waals surface area contributed by atoms with Crippen molar-refractivity contribution in [3.8, 4) is 0 Å².